The Labute approximate surface area is 116 Å². The molecule has 1 aromatic rings. The van der Waals surface area contributed by atoms with Gasteiger partial charge < -0.3 is 11.5 Å². The van der Waals surface area contributed by atoms with Crippen LogP contribution in [0.25, 0.3) is 0 Å². The summed E-state index contributed by atoms with van der Waals surface area (Å²) in [6, 6.07) is 7.02. The smallest absolute Gasteiger partial charge is 0.191 e. The third kappa shape index (κ3) is 1.85. The molecular weight excluding hydrogens is 254 g/mol. The van der Waals surface area contributed by atoms with Crippen LogP contribution in [0.4, 0.5) is 5.69 Å². The second-order valence-corrected chi connectivity index (χ2v) is 4.92. The third-order valence-electron chi connectivity index (χ3n) is 3.47. The van der Waals surface area contributed by atoms with Crippen LogP contribution in [-0.2, 0) is 0 Å². The summed E-state index contributed by atoms with van der Waals surface area (Å²) in [6.07, 6.45) is 2.00. The van der Waals surface area contributed by atoms with Crippen LogP contribution in [0.1, 0.15) is 23.7 Å². The highest BCUT2D eigenvalue weighted by Crippen LogP contribution is 2.32. The minimum absolute atomic E-state index is 0.0723. The van der Waals surface area contributed by atoms with E-state index < -0.39 is 0 Å². The van der Waals surface area contributed by atoms with Crippen molar-refractivity contribution in [1.29, 1.82) is 0 Å². The Morgan fingerprint density at radius 3 is 2.95 bits per heavy atom. The van der Waals surface area contributed by atoms with Crippen molar-refractivity contribution in [3.05, 3.63) is 41.1 Å². The van der Waals surface area contributed by atoms with Gasteiger partial charge in [-0.2, -0.15) is 5.10 Å². The molecule has 0 aliphatic carbocycles. The molecule has 0 aromatic heterocycles. The number of benzene rings is 1. The lowest BCUT2D eigenvalue weighted by molar-refractivity contribution is 0.103. The van der Waals surface area contributed by atoms with Crippen LogP contribution in [0, 0.1) is 0 Å². The molecule has 0 bridgehead atoms. The first-order chi connectivity index (χ1) is 9.58. The van der Waals surface area contributed by atoms with Crippen molar-refractivity contribution in [2.45, 2.75) is 19.4 Å². The van der Waals surface area contributed by atoms with Gasteiger partial charge in [0.1, 0.15) is 12.0 Å². The quantitative estimate of drug-likeness (QED) is 0.621. The average Bonchev–Trinajstić information content (AvgIpc) is 2.77. The summed E-state index contributed by atoms with van der Waals surface area (Å²) in [5.74, 6) is 0.258. The van der Waals surface area contributed by atoms with Gasteiger partial charge in [-0.15, -0.1) is 0 Å². The molecule has 2 heterocycles. The Hall–Kier alpha value is -2.63. The number of Topliss-reactive ketones (excluding diaryl/α,β-unsaturated/α-hetero) is 1. The van der Waals surface area contributed by atoms with Gasteiger partial charge in [0.2, 0.25) is 0 Å². The minimum Gasteiger partial charge on any atom is -0.399 e. The maximum atomic E-state index is 12.6. The van der Waals surface area contributed by atoms with E-state index in [1.807, 2.05) is 6.92 Å². The van der Waals surface area contributed by atoms with Gasteiger partial charge in [0, 0.05) is 23.2 Å². The van der Waals surface area contributed by atoms with Crippen LogP contribution >= 0.6 is 0 Å². The van der Waals surface area contributed by atoms with E-state index in [0.29, 0.717) is 34.8 Å². The van der Waals surface area contributed by atoms with E-state index in [9.17, 15) is 4.79 Å². The molecule has 6 nitrogen and oxygen atoms in total. The van der Waals surface area contributed by atoms with Crippen molar-refractivity contribution in [1.82, 2.24) is 5.01 Å². The highest BCUT2D eigenvalue weighted by molar-refractivity contribution is 6.16. The second-order valence-electron chi connectivity index (χ2n) is 4.92. The Bertz CT molecular complexity index is 674. The number of carbonyl (C=O) groups is 1. The molecule has 0 spiro atoms. The zero-order valence-electron chi connectivity index (χ0n) is 11.1. The number of amidine groups is 1. The third-order valence-corrected chi connectivity index (χ3v) is 3.47. The maximum Gasteiger partial charge on any atom is 0.191 e. The Kier molecular flexibility index (Phi) is 2.78. The summed E-state index contributed by atoms with van der Waals surface area (Å²) in [6.45, 7) is 2.00. The minimum atomic E-state index is -0.0723. The lowest BCUT2D eigenvalue weighted by Gasteiger charge is -2.22. The predicted molar refractivity (Wildman–Crippen MR) is 78.2 cm³/mol. The summed E-state index contributed by atoms with van der Waals surface area (Å²) in [4.78, 5) is 16.6. The largest absolute Gasteiger partial charge is 0.399 e. The summed E-state index contributed by atoms with van der Waals surface area (Å²) in [7, 11) is 0. The van der Waals surface area contributed by atoms with Crippen LogP contribution in [0.15, 0.2) is 45.6 Å². The first-order valence-electron chi connectivity index (χ1n) is 6.36. The lowest BCUT2D eigenvalue weighted by atomic mass is 9.99. The number of anilines is 1. The van der Waals surface area contributed by atoms with Gasteiger partial charge in [-0.1, -0.05) is 12.1 Å². The zero-order valence-corrected chi connectivity index (χ0v) is 11.1. The average molecular weight is 269 g/mol. The number of hydrogen-bond donors (Lipinski definition) is 2. The monoisotopic (exact) mass is 269 g/mol. The molecule has 1 unspecified atom stereocenters. The molecule has 102 valence electrons. The van der Waals surface area contributed by atoms with E-state index in [1.165, 1.54) is 6.34 Å². The van der Waals surface area contributed by atoms with Crippen molar-refractivity contribution < 1.29 is 4.79 Å². The van der Waals surface area contributed by atoms with E-state index in [4.69, 9.17) is 11.5 Å². The molecule has 0 fully saturated rings. The van der Waals surface area contributed by atoms with Crippen molar-refractivity contribution in [3.63, 3.8) is 0 Å². The molecule has 0 saturated heterocycles. The number of fused-ring (bicyclic) bond motifs is 1. The molecule has 2 aliphatic heterocycles. The number of ketones is 1. The van der Waals surface area contributed by atoms with Crippen LogP contribution in [0.5, 0.6) is 0 Å². The fraction of sp³-hybridized carbons (Fsp3) is 0.214. The first kappa shape index (κ1) is 12.4. The van der Waals surface area contributed by atoms with E-state index in [-0.39, 0.29) is 11.8 Å². The van der Waals surface area contributed by atoms with Crippen LogP contribution in [0.2, 0.25) is 0 Å². The van der Waals surface area contributed by atoms with Gasteiger partial charge in [-0.3, -0.25) is 9.80 Å². The number of nitrogen functional groups attached to an aromatic ring is 1. The molecule has 3 rings (SSSR count). The molecule has 0 radical (unpaired) electrons. The normalized spacial score (nSPS) is 20.9. The van der Waals surface area contributed by atoms with E-state index in [2.05, 4.69) is 10.1 Å². The highest BCUT2D eigenvalue weighted by atomic mass is 16.1. The van der Waals surface area contributed by atoms with Crippen molar-refractivity contribution >= 4 is 23.6 Å². The van der Waals surface area contributed by atoms with Gasteiger partial charge in [0.05, 0.1) is 6.04 Å². The lowest BCUT2D eigenvalue weighted by Crippen LogP contribution is -2.32. The summed E-state index contributed by atoms with van der Waals surface area (Å²) >= 11 is 0. The number of rotatable bonds is 2. The number of carbonyl (C=O) groups excluding carboxylic acids is 1. The van der Waals surface area contributed by atoms with Gasteiger partial charge in [0.25, 0.3) is 0 Å². The predicted octanol–water partition coefficient (Wildman–Crippen LogP) is 1.11. The topological polar surface area (TPSA) is 97.1 Å². The first-order valence-corrected chi connectivity index (χ1v) is 6.36. The van der Waals surface area contributed by atoms with Crippen LogP contribution in [0.3, 0.4) is 0 Å². The Balaban J connectivity index is 2.05. The van der Waals surface area contributed by atoms with Crippen molar-refractivity contribution in [2.75, 3.05) is 5.73 Å². The Morgan fingerprint density at radius 2 is 2.20 bits per heavy atom. The fourth-order valence-electron chi connectivity index (χ4n) is 2.54. The number of hydrogen-bond acceptors (Lipinski definition) is 6. The van der Waals surface area contributed by atoms with Gasteiger partial charge in [-0.25, -0.2) is 4.99 Å². The molecular formula is C14H15N5O. The fourth-order valence-corrected chi connectivity index (χ4v) is 2.54. The molecule has 4 N–H and O–H groups in total. The molecule has 2 aliphatic rings. The summed E-state index contributed by atoms with van der Waals surface area (Å²) in [5, 5.41) is 5.92. The molecule has 0 amide bonds. The van der Waals surface area contributed by atoms with E-state index >= 15 is 0 Å². The van der Waals surface area contributed by atoms with Gasteiger partial charge in [0.15, 0.2) is 11.6 Å². The Morgan fingerprint density at radius 1 is 1.40 bits per heavy atom. The number of nitrogens with two attached hydrogens (primary N) is 2. The van der Waals surface area contributed by atoms with E-state index in [1.54, 1.807) is 29.3 Å². The molecule has 6 heteroatoms. The van der Waals surface area contributed by atoms with E-state index in [0.717, 1.165) is 0 Å². The summed E-state index contributed by atoms with van der Waals surface area (Å²) < 4.78 is 0. The second kappa shape index (κ2) is 4.48. The molecule has 20 heavy (non-hydrogen) atoms. The molecule has 0 saturated carbocycles. The number of aliphatic imine (C=N–C) groups is 1. The number of hydrazone groups is 1. The molecule has 1 aromatic carbocycles. The highest BCUT2D eigenvalue weighted by Gasteiger charge is 2.35. The van der Waals surface area contributed by atoms with Crippen LogP contribution in [-0.4, -0.2) is 29.0 Å². The van der Waals surface area contributed by atoms with Gasteiger partial charge in [-0.05, 0) is 19.1 Å². The van der Waals surface area contributed by atoms with Gasteiger partial charge >= 0.3 is 0 Å². The molecule has 1 atom stereocenters. The standard InChI is InChI=1S/C14H15N5O/c1-8-5-11(12-14(16)17-7-18-19(8)12)13(20)9-3-2-4-10(15)6-9/h2-4,6-8H,5,15H2,1H3,(H2,16,17,18). The maximum absolute atomic E-state index is 12.6. The SMILES string of the molecule is CC1CC(C(=O)c2cccc(N)c2)=C2C(N)=NC=NN21. The zero-order chi connectivity index (χ0) is 14.3. The summed E-state index contributed by atoms with van der Waals surface area (Å²) in [5.41, 5.74) is 14.0. The van der Waals surface area contributed by atoms with Crippen LogP contribution < -0.4 is 11.5 Å². The van der Waals surface area contributed by atoms with Crippen molar-refractivity contribution in [3.8, 4) is 0 Å². The van der Waals surface area contributed by atoms with Crippen molar-refractivity contribution in [2.24, 2.45) is 15.8 Å². The number of nitrogens with zero attached hydrogens (tertiary/aromatic N) is 3.